The summed E-state index contributed by atoms with van der Waals surface area (Å²) in [5.74, 6) is 1.18. The van der Waals surface area contributed by atoms with E-state index in [9.17, 15) is 4.79 Å². The molecule has 1 aliphatic heterocycles. The molecule has 3 nitrogen and oxygen atoms in total. The summed E-state index contributed by atoms with van der Waals surface area (Å²) in [7, 11) is 3.94. The average molecular weight is 387 g/mol. The number of allylic oxidation sites excluding steroid dienone is 3. The molecule has 148 valence electrons. The van der Waals surface area contributed by atoms with Crippen LogP contribution in [0.5, 0.6) is 0 Å². The Morgan fingerprint density at radius 3 is 2.04 bits per heavy atom. The fourth-order valence-corrected chi connectivity index (χ4v) is 2.44. The number of rotatable bonds is 3. The van der Waals surface area contributed by atoms with Crippen LogP contribution in [0.15, 0.2) is 66.2 Å². The first kappa shape index (κ1) is 24.8. The number of carbonyl (C=O) groups excluding carboxylic acids is 1. The van der Waals surface area contributed by atoms with E-state index >= 15 is 0 Å². The van der Waals surface area contributed by atoms with Crippen molar-refractivity contribution in [2.45, 2.75) is 47.5 Å². The highest BCUT2D eigenvalue weighted by atomic mass is 32.1. The fraction of sp³-hybridized carbons (Fsp3) is 0.391. The molecular formula is C23H34N2OS. The number of nitrogens with zero attached hydrogens (tertiary/aromatic N) is 2. The second kappa shape index (κ2) is 13.0. The highest BCUT2D eigenvalue weighted by Crippen LogP contribution is 2.23. The molecule has 0 aromatic heterocycles. The summed E-state index contributed by atoms with van der Waals surface area (Å²) in [6.45, 7) is 14.1. The summed E-state index contributed by atoms with van der Waals surface area (Å²) in [6.07, 6.45) is 5.58. The third kappa shape index (κ3) is 7.92. The summed E-state index contributed by atoms with van der Waals surface area (Å²) in [5.41, 5.74) is 3.17. The van der Waals surface area contributed by atoms with Crippen molar-refractivity contribution in [1.29, 1.82) is 0 Å². The first-order valence-corrected chi connectivity index (χ1v) is 9.67. The molecule has 0 bridgehead atoms. The van der Waals surface area contributed by atoms with Gasteiger partial charge in [0.1, 0.15) is 10.8 Å². The van der Waals surface area contributed by atoms with Gasteiger partial charge in [-0.2, -0.15) is 0 Å². The molecule has 1 aliphatic rings. The molecule has 0 atom stereocenters. The fourth-order valence-electron chi connectivity index (χ4n) is 2.19. The molecule has 0 saturated heterocycles. The summed E-state index contributed by atoms with van der Waals surface area (Å²) in [6, 6.07) is 9.42. The lowest BCUT2D eigenvalue weighted by Crippen LogP contribution is -2.38. The predicted octanol–water partition coefficient (Wildman–Crippen LogP) is 6.21. The number of benzene rings is 1. The Kier molecular flexibility index (Phi) is 12.0. The number of carbonyl (C=O) groups is 1. The third-order valence-electron chi connectivity index (χ3n) is 4.35. The van der Waals surface area contributed by atoms with Gasteiger partial charge in [-0.15, -0.1) is 0 Å². The van der Waals surface area contributed by atoms with E-state index in [1.807, 2.05) is 94.1 Å². The van der Waals surface area contributed by atoms with Crippen LogP contribution in [0.2, 0.25) is 0 Å². The molecule has 0 spiro atoms. The van der Waals surface area contributed by atoms with Gasteiger partial charge in [0.25, 0.3) is 0 Å². The first-order valence-electron chi connectivity index (χ1n) is 9.26. The molecule has 0 saturated carbocycles. The van der Waals surface area contributed by atoms with Crippen LogP contribution in [0, 0.1) is 0 Å². The summed E-state index contributed by atoms with van der Waals surface area (Å²) < 4.78 is 0. The number of thiocarbonyl (C=S) groups is 1. The predicted molar refractivity (Wildman–Crippen MR) is 122 cm³/mol. The Hall–Kier alpha value is -2.20. The van der Waals surface area contributed by atoms with Gasteiger partial charge in [0, 0.05) is 37.3 Å². The van der Waals surface area contributed by atoms with Crippen molar-refractivity contribution in [2.75, 3.05) is 14.1 Å². The number of Topliss-reactive ketones (excluding diaryl/α,β-unsaturated/α-hetero) is 1. The molecule has 0 fully saturated rings. The van der Waals surface area contributed by atoms with Crippen LogP contribution in [0.4, 0.5) is 0 Å². The van der Waals surface area contributed by atoms with Gasteiger partial charge in [0.2, 0.25) is 0 Å². The van der Waals surface area contributed by atoms with Crippen LogP contribution in [0.25, 0.3) is 0 Å². The van der Waals surface area contributed by atoms with E-state index in [-0.39, 0.29) is 5.78 Å². The van der Waals surface area contributed by atoms with Crippen LogP contribution >= 0.6 is 12.2 Å². The Labute approximate surface area is 171 Å². The van der Waals surface area contributed by atoms with Crippen molar-refractivity contribution in [3.63, 3.8) is 0 Å². The smallest absolute Gasteiger partial charge is 0.162 e. The zero-order valence-corrected chi connectivity index (χ0v) is 18.7. The SMILES string of the molecule is C/C=C\C.C=C1N(C)C(=S)C(C)=C(C)N1C.CCCC(=O)c1ccccc1. The maximum Gasteiger partial charge on any atom is 0.162 e. The molecule has 27 heavy (non-hydrogen) atoms. The highest BCUT2D eigenvalue weighted by molar-refractivity contribution is 7.80. The van der Waals surface area contributed by atoms with Gasteiger partial charge in [0.05, 0.1) is 0 Å². The van der Waals surface area contributed by atoms with Crippen LogP contribution in [-0.2, 0) is 0 Å². The minimum atomic E-state index is 0.244. The van der Waals surface area contributed by atoms with E-state index < -0.39 is 0 Å². The molecule has 2 rings (SSSR count). The first-order chi connectivity index (χ1) is 12.7. The number of hydrogen-bond acceptors (Lipinski definition) is 3. The molecule has 1 aromatic carbocycles. The standard InChI is InChI=1S/C10H12O.C9H14N2S.C4H8/c1-2-6-10(11)9-7-4-3-5-8-9;1-6-7(2)10(4)8(3)11(5)9(6)12;1-3-4-2/h3-5,7-8H,2,6H2,1H3;3H2,1-2,4-5H3;3-4H,1-2H3/b;;4-3-. The minimum Gasteiger partial charge on any atom is -0.335 e. The Balaban J connectivity index is 0.000000421. The summed E-state index contributed by atoms with van der Waals surface area (Å²) >= 11 is 5.24. The second-order valence-corrected chi connectivity index (χ2v) is 6.64. The molecule has 0 radical (unpaired) electrons. The molecule has 0 amide bonds. The lowest BCUT2D eigenvalue weighted by molar-refractivity contribution is 0.0981. The quantitative estimate of drug-likeness (QED) is 0.350. The Morgan fingerprint density at radius 2 is 1.59 bits per heavy atom. The molecule has 0 aliphatic carbocycles. The number of likely N-dealkylation sites (N-methyl/N-ethyl adjacent to an activating group) is 1. The van der Waals surface area contributed by atoms with Crippen molar-refractivity contribution in [3.05, 3.63) is 71.7 Å². The van der Waals surface area contributed by atoms with Gasteiger partial charge in [-0.1, -0.05) is 68.2 Å². The van der Waals surface area contributed by atoms with E-state index in [0.29, 0.717) is 6.42 Å². The van der Waals surface area contributed by atoms with Crippen molar-refractivity contribution < 1.29 is 4.79 Å². The van der Waals surface area contributed by atoms with Crippen LogP contribution in [-0.4, -0.2) is 34.7 Å². The average Bonchev–Trinajstić information content (AvgIpc) is 2.71. The monoisotopic (exact) mass is 386 g/mol. The molecule has 1 heterocycles. The molecule has 4 heteroatoms. The van der Waals surface area contributed by atoms with E-state index in [4.69, 9.17) is 12.2 Å². The van der Waals surface area contributed by atoms with Crippen molar-refractivity contribution >= 4 is 23.0 Å². The zero-order valence-electron chi connectivity index (χ0n) is 17.9. The van der Waals surface area contributed by atoms with Gasteiger partial charge in [-0.25, -0.2) is 0 Å². The van der Waals surface area contributed by atoms with Crippen LogP contribution in [0.1, 0.15) is 57.8 Å². The maximum atomic E-state index is 11.2. The summed E-state index contributed by atoms with van der Waals surface area (Å²) in [4.78, 5) is 16.1. The topological polar surface area (TPSA) is 23.6 Å². The van der Waals surface area contributed by atoms with E-state index in [0.717, 1.165) is 28.4 Å². The van der Waals surface area contributed by atoms with Gasteiger partial charge in [0.15, 0.2) is 5.78 Å². The molecular weight excluding hydrogens is 352 g/mol. The second-order valence-electron chi connectivity index (χ2n) is 6.26. The van der Waals surface area contributed by atoms with Crippen LogP contribution in [0.3, 0.4) is 0 Å². The molecule has 1 aromatic rings. The zero-order chi connectivity index (χ0) is 21.0. The normalized spacial score (nSPS) is 13.9. The Bertz CT molecular complexity index is 686. The number of ketones is 1. The van der Waals surface area contributed by atoms with Gasteiger partial charge in [-0.3, -0.25) is 4.79 Å². The van der Waals surface area contributed by atoms with Crippen LogP contribution < -0.4 is 0 Å². The third-order valence-corrected chi connectivity index (χ3v) is 4.93. The Morgan fingerprint density at radius 1 is 1.07 bits per heavy atom. The van der Waals surface area contributed by atoms with Crippen molar-refractivity contribution in [1.82, 2.24) is 9.80 Å². The van der Waals surface area contributed by atoms with Crippen molar-refractivity contribution in [2.24, 2.45) is 0 Å². The lowest BCUT2D eigenvalue weighted by atomic mass is 10.1. The van der Waals surface area contributed by atoms with Crippen molar-refractivity contribution in [3.8, 4) is 0 Å². The molecule has 0 N–H and O–H groups in total. The summed E-state index contributed by atoms with van der Waals surface area (Å²) in [5, 5.41) is 0. The molecule has 0 unspecified atom stereocenters. The van der Waals surface area contributed by atoms with E-state index in [1.54, 1.807) is 0 Å². The number of hydrogen-bond donors (Lipinski definition) is 0. The minimum absolute atomic E-state index is 0.244. The van der Waals surface area contributed by atoms with Gasteiger partial charge < -0.3 is 9.80 Å². The largest absolute Gasteiger partial charge is 0.335 e. The van der Waals surface area contributed by atoms with E-state index in [1.165, 1.54) is 5.70 Å². The van der Waals surface area contributed by atoms with Gasteiger partial charge >= 0.3 is 0 Å². The lowest BCUT2D eigenvalue weighted by Gasteiger charge is -2.37. The van der Waals surface area contributed by atoms with E-state index in [2.05, 4.69) is 13.5 Å². The van der Waals surface area contributed by atoms with Gasteiger partial charge in [-0.05, 0) is 34.1 Å². The maximum absolute atomic E-state index is 11.2. The highest BCUT2D eigenvalue weighted by Gasteiger charge is 2.22.